The number of hydrogen-bond donors (Lipinski definition) is 2. The van der Waals surface area contributed by atoms with Gasteiger partial charge in [-0.1, -0.05) is 56.3 Å². The Balaban J connectivity index is 1.65. The van der Waals surface area contributed by atoms with Crippen molar-refractivity contribution in [3.63, 3.8) is 0 Å². The summed E-state index contributed by atoms with van der Waals surface area (Å²) in [7, 11) is 1.60. The molecule has 42 heavy (non-hydrogen) atoms. The molecule has 0 spiro atoms. The third-order valence-corrected chi connectivity index (χ3v) is 7.87. The highest BCUT2D eigenvalue weighted by molar-refractivity contribution is 6.00. The second kappa shape index (κ2) is 14.8. The van der Waals surface area contributed by atoms with Gasteiger partial charge in [0.2, 0.25) is 17.7 Å². The van der Waals surface area contributed by atoms with Gasteiger partial charge in [0.1, 0.15) is 18.4 Å². The number of nitrogens with one attached hydrogen (secondary N) is 2. The Morgan fingerprint density at radius 1 is 1.02 bits per heavy atom. The van der Waals surface area contributed by atoms with Crippen molar-refractivity contribution < 1.29 is 28.7 Å². The quantitative estimate of drug-likeness (QED) is 0.545. The van der Waals surface area contributed by atoms with Crippen LogP contribution in [-0.4, -0.2) is 85.0 Å². The second-order valence-electron chi connectivity index (χ2n) is 11.3. The average Bonchev–Trinajstić information content (AvgIpc) is 3.45. The van der Waals surface area contributed by atoms with Crippen LogP contribution >= 0.6 is 0 Å². The first kappa shape index (κ1) is 31.0. The fourth-order valence-electron chi connectivity index (χ4n) is 5.43. The molecule has 2 aliphatic rings. The van der Waals surface area contributed by atoms with Crippen LogP contribution in [0.4, 0.5) is 0 Å². The number of methoxy groups -OCH3 is 1. The van der Waals surface area contributed by atoms with Crippen molar-refractivity contribution in [2.45, 2.75) is 64.2 Å². The summed E-state index contributed by atoms with van der Waals surface area (Å²) < 4.78 is 11.4. The van der Waals surface area contributed by atoms with Crippen LogP contribution in [0.1, 0.15) is 55.5 Å². The summed E-state index contributed by atoms with van der Waals surface area (Å²) in [5.74, 6) is -0.886. The predicted molar refractivity (Wildman–Crippen MR) is 158 cm³/mol. The number of nitrogens with zero attached hydrogens (tertiary/aromatic N) is 2. The lowest BCUT2D eigenvalue weighted by Crippen LogP contribution is -2.51. The standard InChI is InChI=1S/C32H42N4O6/c1-22(2)27-21-42-28-14-8-7-13-25(28)31(39)34-26(32(40)36-17-9-12-24(36)20-41-3)15-16-30(38)35(19-29(37)33-27)18-23-10-5-4-6-11-23/h4-8,10-11,13-14,22,24,26-27H,9,12,15-21H2,1-3H3,(H,33,37)(H,34,39)/t24-,26-,27+/m0/s1. The van der Waals surface area contributed by atoms with E-state index in [0.717, 1.165) is 18.4 Å². The lowest BCUT2D eigenvalue weighted by molar-refractivity contribution is -0.138. The Kier molecular flexibility index (Phi) is 10.9. The van der Waals surface area contributed by atoms with Crippen LogP contribution in [0.2, 0.25) is 0 Å². The number of para-hydroxylation sites is 1. The minimum atomic E-state index is -0.937. The Hall–Kier alpha value is -3.92. The Bertz CT molecular complexity index is 1240. The fraction of sp³-hybridized carbons (Fsp3) is 0.500. The molecule has 1 fully saturated rings. The first-order valence-corrected chi connectivity index (χ1v) is 14.7. The molecule has 10 nitrogen and oxygen atoms in total. The molecule has 0 aliphatic carbocycles. The molecule has 4 amide bonds. The van der Waals surface area contributed by atoms with E-state index in [9.17, 15) is 19.2 Å². The van der Waals surface area contributed by atoms with Gasteiger partial charge in [-0.2, -0.15) is 0 Å². The van der Waals surface area contributed by atoms with Crippen LogP contribution in [0.3, 0.4) is 0 Å². The van der Waals surface area contributed by atoms with Crippen molar-refractivity contribution in [2.75, 3.05) is 33.4 Å². The van der Waals surface area contributed by atoms with E-state index in [1.807, 2.05) is 44.2 Å². The number of hydrogen-bond acceptors (Lipinski definition) is 6. The van der Waals surface area contributed by atoms with Crippen molar-refractivity contribution in [1.82, 2.24) is 20.4 Å². The average molecular weight is 579 g/mol. The van der Waals surface area contributed by atoms with E-state index in [1.54, 1.807) is 36.3 Å². The summed E-state index contributed by atoms with van der Waals surface area (Å²) in [5, 5.41) is 5.92. The fourth-order valence-corrected chi connectivity index (χ4v) is 5.43. The van der Waals surface area contributed by atoms with E-state index in [0.29, 0.717) is 18.9 Å². The largest absolute Gasteiger partial charge is 0.491 e. The van der Waals surface area contributed by atoms with Gasteiger partial charge < -0.3 is 29.9 Å². The zero-order valence-electron chi connectivity index (χ0n) is 24.7. The van der Waals surface area contributed by atoms with Crippen LogP contribution in [0, 0.1) is 5.92 Å². The van der Waals surface area contributed by atoms with Crippen LogP contribution in [0.15, 0.2) is 54.6 Å². The molecule has 2 aromatic rings. The minimum absolute atomic E-state index is 0.0225. The van der Waals surface area contributed by atoms with E-state index in [-0.39, 0.29) is 73.8 Å². The summed E-state index contributed by atoms with van der Waals surface area (Å²) in [6.45, 7) is 5.14. The summed E-state index contributed by atoms with van der Waals surface area (Å²) in [5.41, 5.74) is 1.17. The smallest absolute Gasteiger partial charge is 0.255 e. The van der Waals surface area contributed by atoms with Gasteiger partial charge in [0, 0.05) is 26.6 Å². The van der Waals surface area contributed by atoms with E-state index >= 15 is 0 Å². The SMILES string of the molecule is COC[C@@H]1CCCN1C(=O)[C@@H]1CCC(=O)N(Cc2ccccc2)CC(=O)N[C@@H](C(C)C)COc2ccccc2C(=O)N1. The molecule has 3 atom stereocenters. The minimum Gasteiger partial charge on any atom is -0.491 e. The topological polar surface area (TPSA) is 117 Å². The van der Waals surface area contributed by atoms with Gasteiger partial charge in [-0.15, -0.1) is 0 Å². The molecule has 0 bridgehead atoms. The molecule has 2 heterocycles. The molecule has 226 valence electrons. The molecule has 0 unspecified atom stereocenters. The van der Waals surface area contributed by atoms with Crippen molar-refractivity contribution in [1.29, 1.82) is 0 Å². The van der Waals surface area contributed by atoms with Gasteiger partial charge in [0.25, 0.3) is 5.91 Å². The molecule has 0 radical (unpaired) electrons. The molecule has 2 aromatic carbocycles. The molecule has 2 aliphatic heterocycles. The van der Waals surface area contributed by atoms with Crippen LogP contribution < -0.4 is 15.4 Å². The molecular weight excluding hydrogens is 536 g/mol. The zero-order valence-corrected chi connectivity index (χ0v) is 24.7. The molecule has 4 rings (SSSR count). The van der Waals surface area contributed by atoms with Crippen LogP contribution in [-0.2, 0) is 25.7 Å². The summed E-state index contributed by atoms with van der Waals surface area (Å²) in [6.07, 6.45) is 1.72. The predicted octanol–water partition coefficient (Wildman–Crippen LogP) is 2.76. The van der Waals surface area contributed by atoms with Crippen molar-refractivity contribution in [3.05, 3.63) is 65.7 Å². The van der Waals surface area contributed by atoms with E-state index in [1.165, 1.54) is 4.90 Å². The third-order valence-electron chi connectivity index (χ3n) is 7.87. The number of benzene rings is 2. The highest BCUT2D eigenvalue weighted by atomic mass is 16.5. The molecule has 0 aromatic heterocycles. The summed E-state index contributed by atoms with van der Waals surface area (Å²) in [4.78, 5) is 57.5. The molecular formula is C32H42N4O6. The number of likely N-dealkylation sites (tertiary alicyclic amines) is 1. The van der Waals surface area contributed by atoms with E-state index < -0.39 is 11.9 Å². The highest BCUT2D eigenvalue weighted by Crippen LogP contribution is 2.23. The Labute approximate surface area is 247 Å². The lowest BCUT2D eigenvalue weighted by atomic mass is 10.1. The number of carbonyl (C=O) groups is 4. The van der Waals surface area contributed by atoms with Gasteiger partial charge in [-0.3, -0.25) is 19.2 Å². The van der Waals surface area contributed by atoms with E-state index in [2.05, 4.69) is 10.6 Å². The van der Waals surface area contributed by atoms with Crippen LogP contribution in [0.5, 0.6) is 5.75 Å². The second-order valence-corrected chi connectivity index (χ2v) is 11.3. The number of fused-ring (bicyclic) bond motifs is 1. The van der Waals surface area contributed by atoms with Crippen molar-refractivity contribution in [3.8, 4) is 5.75 Å². The number of amides is 4. The Morgan fingerprint density at radius 3 is 2.50 bits per heavy atom. The number of ether oxygens (including phenoxy) is 2. The van der Waals surface area contributed by atoms with Crippen molar-refractivity contribution >= 4 is 23.6 Å². The van der Waals surface area contributed by atoms with Gasteiger partial charge in [-0.05, 0) is 42.9 Å². The van der Waals surface area contributed by atoms with Gasteiger partial charge >= 0.3 is 0 Å². The molecule has 2 N–H and O–H groups in total. The maximum atomic E-state index is 13.8. The Morgan fingerprint density at radius 2 is 1.76 bits per heavy atom. The highest BCUT2D eigenvalue weighted by Gasteiger charge is 2.35. The number of rotatable bonds is 6. The maximum absolute atomic E-state index is 13.8. The molecule has 10 heteroatoms. The monoisotopic (exact) mass is 578 g/mol. The van der Waals surface area contributed by atoms with Gasteiger partial charge in [0.05, 0.1) is 30.8 Å². The zero-order chi connectivity index (χ0) is 30.1. The maximum Gasteiger partial charge on any atom is 0.255 e. The lowest BCUT2D eigenvalue weighted by Gasteiger charge is -2.29. The first-order valence-electron chi connectivity index (χ1n) is 14.7. The van der Waals surface area contributed by atoms with Gasteiger partial charge in [-0.25, -0.2) is 0 Å². The van der Waals surface area contributed by atoms with Gasteiger partial charge in [0.15, 0.2) is 0 Å². The van der Waals surface area contributed by atoms with Crippen molar-refractivity contribution in [2.24, 2.45) is 5.92 Å². The third kappa shape index (κ3) is 8.09. The van der Waals surface area contributed by atoms with E-state index in [4.69, 9.17) is 9.47 Å². The normalized spacial score (nSPS) is 22.5. The summed E-state index contributed by atoms with van der Waals surface area (Å²) >= 11 is 0. The molecule has 0 saturated carbocycles. The first-order chi connectivity index (χ1) is 20.3. The number of carbonyl (C=O) groups excluding carboxylic acids is 4. The molecule has 1 saturated heterocycles. The van der Waals surface area contributed by atoms with Crippen LogP contribution in [0.25, 0.3) is 0 Å². The summed E-state index contributed by atoms with van der Waals surface area (Å²) in [6, 6.07) is 14.9.